The van der Waals surface area contributed by atoms with Crippen LogP contribution >= 0.6 is 0 Å². The second-order valence-corrected chi connectivity index (χ2v) is 9.63. The number of hydrogen-bond donors (Lipinski definition) is 4. The molecule has 3 aromatic rings. The number of anilines is 1. The Labute approximate surface area is 218 Å². The van der Waals surface area contributed by atoms with Crippen LogP contribution in [0, 0.1) is 12.7 Å². The largest absolute Gasteiger partial charge is 0.508 e. The molecule has 2 aromatic carbocycles. The molecule has 2 aliphatic heterocycles. The number of aryl methyl sites for hydroxylation is 1. The van der Waals surface area contributed by atoms with Gasteiger partial charge < -0.3 is 35.0 Å². The maximum Gasteiger partial charge on any atom is 0.254 e. The number of aromatic nitrogens is 3. The first-order chi connectivity index (χ1) is 18.3. The molecule has 0 saturated carbocycles. The van der Waals surface area contributed by atoms with Gasteiger partial charge in [0.1, 0.15) is 41.6 Å². The number of phenolic OH excluding ortho intramolecular Hbond substituents is 1. The highest BCUT2D eigenvalue weighted by Crippen LogP contribution is 2.32. The first-order valence-corrected chi connectivity index (χ1v) is 12.4. The van der Waals surface area contributed by atoms with Gasteiger partial charge in [0.25, 0.3) is 5.91 Å². The van der Waals surface area contributed by atoms with Gasteiger partial charge >= 0.3 is 0 Å². The molecule has 0 unspecified atom stereocenters. The molecule has 12 heteroatoms. The van der Waals surface area contributed by atoms with Gasteiger partial charge in [-0.3, -0.25) is 4.79 Å². The number of aliphatic hydroxyl groups is 3. The molecule has 3 heterocycles. The molecular formula is C26H30FN5O6. The molecule has 5 rings (SSSR count). The predicted molar refractivity (Wildman–Crippen MR) is 134 cm³/mol. The molecule has 11 nitrogen and oxygen atoms in total. The maximum absolute atomic E-state index is 13.7. The van der Waals surface area contributed by atoms with Gasteiger partial charge in [-0.2, -0.15) is 0 Å². The highest BCUT2D eigenvalue weighted by Gasteiger charge is 2.49. The number of piperazine rings is 1. The van der Waals surface area contributed by atoms with Crippen LogP contribution in [-0.2, 0) is 9.53 Å². The summed E-state index contributed by atoms with van der Waals surface area (Å²) in [5, 5.41) is 49.7. The van der Waals surface area contributed by atoms with E-state index in [-0.39, 0.29) is 5.75 Å². The number of carbonyl (C=O) groups is 1. The second-order valence-electron chi connectivity index (χ2n) is 9.63. The predicted octanol–water partition coefficient (Wildman–Crippen LogP) is 0.470. The van der Waals surface area contributed by atoms with E-state index in [1.165, 1.54) is 29.1 Å². The lowest BCUT2D eigenvalue weighted by Gasteiger charge is -2.44. The number of nitrogens with zero attached hydrogens (tertiary/aromatic N) is 5. The lowest BCUT2D eigenvalue weighted by atomic mass is 9.91. The molecular weight excluding hydrogens is 497 g/mol. The van der Waals surface area contributed by atoms with Crippen LogP contribution in [0.5, 0.6) is 5.75 Å². The number of rotatable bonds is 5. The molecule has 2 aliphatic rings. The molecule has 0 bridgehead atoms. The van der Waals surface area contributed by atoms with Crippen molar-refractivity contribution in [2.75, 3.05) is 37.7 Å². The van der Waals surface area contributed by atoms with Crippen molar-refractivity contribution >= 4 is 11.6 Å². The van der Waals surface area contributed by atoms with Gasteiger partial charge in [-0.25, -0.2) is 9.07 Å². The Morgan fingerprint density at radius 1 is 1.11 bits per heavy atom. The fraction of sp³-hybridized carbons (Fsp3) is 0.423. The van der Waals surface area contributed by atoms with Gasteiger partial charge in [-0.05, 0) is 42.8 Å². The third-order valence-corrected chi connectivity index (χ3v) is 7.21. The molecule has 0 spiro atoms. The monoisotopic (exact) mass is 527 g/mol. The van der Waals surface area contributed by atoms with Gasteiger partial charge in [0.05, 0.1) is 12.8 Å². The number of halogens is 1. The first-order valence-electron chi connectivity index (χ1n) is 12.4. The number of aliphatic hydroxyl groups excluding tert-OH is 3. The Hall–Kier alpha value is -3.58. The van der Waals surface area contributed by atoms with Gasteiger partial charge in [-0.1, -0.05) is 17.3 Å². The summed E-state index contributed by atoms with van der Waals surface area (Å²) in [6, 6.07) is 9.97. The fourth-order valence-electron chi connectivity index (χ4n) is 5.02. The van der Waals surface area contributed by atoms with Crippen LogP contribution in [0.15, 0.2) is 48.7 Å². The van der Waals surface area contributed by atoms with Crippen molar-refractivity contribution in [2.45, 2.75) is 37.4 Å². The number of aromatic hydroxyl groups is 1. The van der Waals surface area contributed by atoms with Crippen LogP contribution in [0.4, 0.5) is 10.1 Å². The molecule has 1 aromatic heterocycles. The maximum atomic E-state index is 13.7. The molecule has 5 atom stereocenters. The number of benzene rings is 2. The molecule has 2 fully saturated rings. The average molecular weight is 528 g/mol. The van der Waals surface area contributed by atoms with Crippen molar-refractivity contribution in [1.29, 1.82) is 0 Å². The lowest BCUT2D eigenvalue weighted by molar-refractivity contribution is -0.211. The second kappa shape index (κ2) is 10.7. The summed E-state index contributed by atoms with van der Waals surface area (Å²) < 4.78 is 20.6. The lowest BCUT2D eigenvalue weighted by Crippen LogP contribution is -2.62. The minimum Gasteiger partial charge on any atom is -0.508 e. The van der Waals surface area contributed by atoms with E-state index in [9.17, 15) is 29.6 Å². The number of carbonyl (C=O) groups excluding carboxylic acids is 1. The minimum absolute atomic E-state index is 0.219. The van der Waals surface area contributed by atoms with Crippen molar-refractivity contribution in [3.8, 4) is 17.0 Å². The summed E-state index contributed by atoms with van der Waals surface area (Å²) in [7, 11) is 0. The van der Waals surface area contributed by atoms with E-state index in [1.54, 1.807) is 17.0 Å². The van der Waals surface area contributed by atoms with Crippen molar-refractivity contribution in [3.05, 3.63) is 60.0 Å². The van der Waals surface area contributed by atoms with Gasteiger partial charge in [-0.15, -0.1) is 5.10 Å². The van der Waals surface area contributed by atoms with Gasteiger partial charge in [0.2, 0.25) is 0 Å². The Kier molecular flexibility index (Phi) is 7.30. The minimum atomic E-state index is -1.49. The molecule has 4 N–H and O–H groups in total. The summed E-state index contributed by atoms with van der Waals surface area (Å²) in [6.45, 7) is 3.06. The molecule has 0 aliphatic carbocycles. The first kappa shape index (κ1) is 26.0. The van der Waals surface area contributed by atoms with Crippen LogP contribution in [0.2, 0.25) is 0 Å². The van der Waals surface area contributed by atoms with Gasteiger partial charge in [0, 0.05) is 37.4 Å². The Morgan fingerprint density at radius 2 is 1.87 bits per heavy atom. The zero-order chi connectivity index (χ0) is 27.0. The SMILES string of the molecule is Cc1cc(N2CCN(C(=O)[C@@H]3O[C@H](CO)[C@H](O)[C@H](n4cc(-c5cccc(F)c5)nn4)[C@H]3O)CC2)ccc1O. The number of phenols is 1. The topological polar surface area (TPSA) is 144 Å². The summed E-state index contributed by atoms with van der Waals surface area (Å²) >= 11 is 0. The van der Waals surface area contributed by atoms with E-state index in [0.717, 1.165) is 11.3 Å². The smallest absolute Gasteiger partial charge is 0.254 e. The molecule has 0 radical (unpaired) electrons. The molecule has 202 valence electrons. The Balaban J connectivity index is 1.32. The summed E-state index contributed by atoms with van der Waals surface area (Å²) in [5.74, 6) is -0.689. The number of hydrogen-bond acceptors (Lipinski definition) is 9. The fourth-order valence-corrected chi connectivity index (χ4v) is 5.02. The Morgan fingerprint density at radius 3 is 2.55 bits per heavy atom. The van der Waals surface area contributed by atoms with Gasteiger partial charge in [0.15, 0.2) is 6.10 Å². The van der Waals surface area contributed by atoms with E-state index >= 15 is 0 Å². The quantitative estimate of drug-likeness (QED) is 0.372. The van der Waals surface area contributed by atoms with Crippen LogP contribution in [0.1, 0.15) is 11.6 Å². The third kappa shape index (κ3) is 4.95. The normalized spacial score (nSPS) is 26.0. The molecule has 38 heavy (non-hydrogen) atoms. The molecule has 2 saturated heterocycles. The highest BCUT2D eigenvalue weighted by atomic mass is 19.1. The van der Waals surface area contributed by atoms with Crippen molar-refractivity contribution < 1.29 is 34.3 Å². The van der Waals surface area contributed by atoms with Crippen LogP contribution < -0.4 is 4.90 Å². The number of amides is 1. The Bertz CT molecular complexity index is 1300. The van der Waals surface area contributed by atoms with E-state index in [0.29, 0.717) is 37.4 Å². The zero-order valence-electron chi connectivity index (χ0n) is 20.8. The standard InChI is InChI=1S/C26H30FN5O6/c1-15-11-18(5-6-20(15)34)30-7-9-31(10-8-30)26(37)25-24(36)22(23(35)21(14-33)38-25)32-13-19(28-29-32)16-3-2-4-17(27)12-16/h2-6,11-13,21-25,33-36H,7-10,14H2,1H3/t21-,22+,23+,24-,25-/m1/s1. The highest BCUT2D eigenvalue weighted by molar-refractivity contribution is 5.82. The third-order valence-electron chi connectivity index (χ3n) is 7.21. The van der Waals surface area contributed by atoms with Crippen molar-refractivity contribution in [1.82, 2.24) is 19.9 Å². The summed E-state index contributed by atoms with van der Waals surface area (Å²) in [4.78, 5) is 17.1. The van der Waals surface area contributed by atoms with E-state index in [2.05, 4.69) is 15.2 Å². The van der Waals surface area contributed by atoms with Crippen LogP contribution in [-0.4, -0.2) is 103 Å². The average Bonchev–Trinajstić information content (AvgIpc) is 3.40. The summed E-state index contributed by atoms with van der Waals surface area (Å²) in [5.41, 5.74) is 2.47. The van der Waals surface area contributed by atoms with E-state index in [4.69, 9.17) is 4.74 Å². The zero-order valence-corrected chi connectivity index (χ0v) is 20.8. The summed E-state index contributed by atoms with van der Waals surface area (Å²) in [6.07, 6.45) is -3.90. The molecule has 1 amide bonds. The number of ether oxygens (including phenoxy) is 1. The van der Waals surface area contributed by atoms with Crippen LogP contribution in [0.3, 0.4) is 0 Å². The van der Waals surface area contributed by atoms with E-state index in [1.807, 2.05) is 19.1 Å². The van der Waals surface area contributed by atoms with Crippen LogP contribution in [0.25, 0.3) is 11.3 Å². The van der Waals surface area contributed by atoms with Crippen molar-refractivity contribution in [2.24, 2.45) is 0 Å². The van der Waals surface area contributed by atoms with Crippen molar-refractivity contribution in [3.63, 3.8) is 0 Å². The van der Waals surface area contributed by atoms with E-state index < -0.39 is 48.8 Å².